The summed E-state index contributed by atoms with van der Waals surface area (Å²) in [6.45, 7) is 2.08. The summed E-state index contributed by atoms with van der Waals surface area (Å²) in [5, 5.41) is 2.87. The van der Waals surface area contributed by atoms with Gasteiger partial charge in [-0.3, -0.25) is 4.79 Å². The summed E-state index contributed by atoms with van der Waals surface area (Å²) in [7, 11) is 0. The van der Waals surface area contributed by atoms with E-state index in [0.717, 1.165) is 6.42 Å². The molecule has 2 atom stereocenters. The largest absolute Gasteiger partial charge is 0.349 e. The number of carbonyl (C=O) groups excluding carboxylic acids is 1. The molecule has 2 nitrogen and oxygen atoms in total. The van der Waals surface area contributed by atoms with E-state index in [0.29, 0.717) is 11.5 Å². The summed E-state index contributed by atoms with van der Waals surface area (Å²) in [6, 6.07) is 4.46. The number of amides is 1. The normalized spacial score (nSPS) is 23.7. The van der Waals surface area contributed by atoms with Crippen molar-refractivity contribution in [2.24, 2.45) is 5.92 Å². The Labute approximate surface area is 93.3 Å². The second-order valence-electron chi connectivity index (χ2n) is 3.96. The molecule has 1 fully saturated rings. The van der Waals surface area contributed by atoms with Gasteiger partial charge in [0, 0.05) is 16.5 Å². The third-order valence-electron chi connectivity index (χ3n) is 2.63. The summed E-state index contributed by atoms with van der Waals surface area (Å²) in [5.74, 6) is -0.000747. The molecular formula is C11H12FNOS. The Morgan fingerprint density at radius 3 is 2.80 bits per heavy atom. The molecule has 2 unspecified atom stereocenters. The van der Waals surface area contributed by atoms with Gasteiger partial charge in [0.15, 0.2) is 0 Å². The maximum Gasteiger partial charge on any atom is 0.251 e. The van der Waals surface area contributed by atoms with Crippen molar-refractivity contribution in [1.82, 2.24) is 5.32 Å². The lowest BCUT2D eigenvalue weighted by molar-refractivity contribution is 0.0949. The highest BCUT2D eigenvalue weighted by Crippen LogP contribution is 2.29. The van der Waals surface area contributed by atoms with Crippen LogP contribution in [0.25, 0.3) is 0 Å². The first-order valence-corrected chi connectivity index (χ1v) is 5.32. The average molecular weight is 225 g/mol. The van der Waals surface area contributed by atoms with E-state index in [4.69, 9.17) is 0 Å². The maximum absolute atomic E-state index is 12.9. The summed E-state index contributed by atoms with van der Waals surface area (Å²) in [5.41, 5.74) is 0.459. The van der Waals surface area contributed by atoms with Crippen molar-refractivity contribution in [3.05, 3.63) is 29.6 Å². The number of thiol groups is 1. The minimum atomic E-state index is -0.408. The van der Waals surface area contributed by atoms with Crippen molar-refractivity contribution in [3.63, 3.8) is 0 Å². The number of hydrogen-bond donors (Lipinski definition) is 2. The number of rotatable bonds is 2. The first-order chi connectivity index (χ1) is 7.08. The van der Waals surface area contributed by atoms with E-state index in [1.165, 1.54) is 18.2 Å². The van der Waals surface area contributed by atoms with Gasteiger partial charge < -0.3 is 5.32 Å². The van der Waals surface area contributed by atoms with Gasteiger partial charge in [-0.25, -0.2) is 4.39 Å². The van der Waals surface area contributed by atoms with Crippen LogP contribution in [0.2, 0.25) is 0 Å². The molecule has 0 saturated heterocycles. The van der Waals surface area contributed by atoms with E-state index < -0.39 is 5.82 Å². The van der Waals surface area contributed by atoms with Crippen LogP contribution in [0.15, 0.2) is 23.1 Å². The fourth-order valence-electron chi connectivity index (χ4n) is 1.43. The Kier molecular flexibility index (Phi) is 2.69. The summed E-state index contributed by atoms with van der Waals surface area (Å²) in [4.78, 5) is 11.8. The second-order valence-corrected chi connectivity index (χ2v) is 4.44. The van der Waals surface area contributed by atoms with Crippen LogP contribution in [0.4, 0.5) is 4.39 Å². The maximum atomic E-state index is 12.9. The lowest BCUT2D eigenvalue weighted by Gasteiger charge is -2.04. The molecular weight excluding hydrogens is 213 g/mol. The fourth-order valence-corrected chi connectivity index (χ4v) is 1.64. The molecule has 1 aromatic rings. The quantitative estimate of drug-likeness (QED) is 0.743. The Morgan fingerprint density at radius 2 is 2.27 bits per heavy atom. The number of benzene rings is 1. The highest BCUT2D eigenvalue weighted by Gasteiger charge is 2.33. The van der Waals surface area contributed by atoms with Crippen LogP contribution in [0.1, 0.15) is 23.7 Å². The lowest BCUT2D eigenvalue weighted by atomic mass is 10.2. The first kappa shape index (κ1) is 10.5. The van der Waals surface area contributed by atoms with Crippen LogP contribution in [0.5, 0.6) is 0 Å². The van der Waals surface area contributed by atoms with Crippen LogP contribution >= 0.6 is 12.6 Å². The molecule has 1 N–H and O–H groups in total. The van der Waals surface area contributed by atoms with Gasteiger partial charge in [-0.05, 0) is 30.5 Å². The van der Waals surface area contributed by atoms with Gasteiger partial charge in [-0.2, -0.15) is 0 Å². The molecule has 80 valence electrons. The molecule has 0 aliphatic heterocycles. The molecule has 1 amide bonds. The Bertz CT molecular complexity index is 408. The third kappa shape index (κ3) is 2.31. The first-order valence-electron chi connectivity index (χ1n) is 4.87. The Hall–Kier alpha value is -1.03. The minimum absolute atomic E-state index is 0.153. The predicted molar refractivity (Wildman–Crippen MR) is 58.7 cm³/mol. The van der Waals surface area contributed by atoms with Gasteiger partial charge in [0.2, 0.25) is 0 Å². The third-order valence-corrected chi connectivity index (χ3v) is 2.98. The zero-order valence-electron chi connectivity index (χ0n) is 8.33. The molecule has 0 heterocycles. The average Bonchev–Trinajstić information content (AvgIpc) is 2.86. The van der Waals surface area contributed by atoms with Gasteiger partial charge in [-0.15, -0.1) is 12.6 Å². The van der Waals surface area contributed by atoms with Crippen LogP contribution in [0, 0.1) is 11.7 Å². The fraction of sp³-hybridized carbons (Fsp3) is 0.364. The molecule has 0 spiro atoms. The van der Waals surface area contributed by atoms with Crippen molar-refractivity contribution in [2.45, 2.75) is 24.3 Å². The van der Waals surface area contributed by atoms with Gasteiger partial charge in [0.1, 0.15) is 5.82 Å². The Balaban J connectivity index is 2.08. The van der Waals surface area contributed by atoms with E-state index in [2.05, 4.69) is 24.9 Å². The highest BCUT2D eigenvalue weighted by molar-refractivity contribution is 7.80. The van der Waals surface area contributed by atoms with E-state index in [1.807, 2.05) is 0 Å². The molecule has 0 aromatic heterocycles. The second kappa shape index (κ2) is 3.85. The number of nitrogens with one attached hydrogen (secondary N) is 1. The monoisotopic (exact) mass is 225 g/mol. The van der Waals surface area contributed by atoms with Crippen molar-refractivity contribution < 1.29 is 9.18 Å². The molecule has 1 aliphatic carbocycles. The van der Waals surface area contributed by atoms with Crippen molar-refractivity contribution in [3.8, 4) is 0 Å². The highest BCUT2D eigenvalue weighted by atomic mass is 32.1. The van der Waals surface area contributed by atoms with Crippen molar-refractivity contribution in [2.75, 3.05) is 0 Å². The van der Waals surface area contributed by atoms with Gasteiger partial charge in [0.05, 0.1) is 0 Å². The number of halogens is 1. The molecule has 1 aliphatic rings. The standard InChI is InChI=1S/C11H12FNOS/c1-6-4-9(6)13-11(14)7-2-3-8(12)10(15)5-7/h2-3,5-6,9,15H,4H2,1H3,(H,13,14). The SMILES string of the molecule is CC1CC1NC(=O)c1ccc(F)c(S)c1. The summed E-state index contributed by atoms with van der Waals surface area (Å²) in [6.07, 6.45) is 1.03. The van der Waals surface area contributed by atoms with E-state index in [1.54, 1.807) is 0 Å². The van der Waals surface area contributed by atoms with Crippen LogP contribution < -0.4 is 5.32 Å². The molecule has 15 heavy (non-hydrogen) atoms. The van der Waals surface area contributed by atoms with E-state index in [9.17, 15) is 9.18 Å². The lowest BCUT2D eigenvalue weighted by Crippen LogP contribution is -2.26. The summed E-state index contributed by atoms with van der Waals surface area (Å²) < 4.78 is 12.9. The molecule has 0 radical (unpaired) electrons. The van der Waals surface area contributed by atoms with E-state index in [-0.39, 0.29) is 16.8 Å². The topological polar surface area (TPSA) is 29.1 Å². The zero-order chi connectivity index (χ0) is 11.0. The molecule has 1 saturated carbocycles. The van der Waals surface area contributed by atoms with Gasteiger partial charge in [-0.1, -0.05) is 6.92 Å². The molecule has 1 aromatic carbocycles. The van der Waals surface area contributed by atoms with E-state index >= 15 is 0 Å². The zero-order valence-corrected chi connectivity index (χ0v) is 9.22. The summed E-state index contributed by atoms with van der Waals surface area (Å²) >= 11 is 3.93. The smallest absolute Gasteiger partial charge is 0.251 e. The Morgan fingerprint density at radius 1 is 1.60 bits per heavy atom. The van der Waals surface area contributed by atoms with Gasteiger partial charge >= 0.3 is 0 Å². The van der Waals surface area contributed by atoms with Crippen LogP contribution in [0.3, 0.4) is 0 Å². The number of hydrogen-bond acceptors (Lipinski definition) is 2. The molecule has 0 bridgehead atoms. The molecule has 2 rings (SSSR count). The number of carbonyl (C=O) groups is 1. The van der Waals surface area contributed by atoms with Crippen LogP contribution in [-0.2, 0) is 0 Å². The molecule has 4 heteroatoms. The predicted octanol–water partition coefficient (Wildman–Crippen LogP) is 2.25. The van der Waals surface area contributed by atoms with Crippen molar-refractivity contribution >= 4 is 18.5 Å². The van der Waals surface area contributed by atoms with Crippen molar-refractivity contribution in [1.29, 1.82) is 0 Å². The van der Waals surface area contributed by atoms with Crippen LogP contribution in [-0.4, -0.2) is 11.9 Å². The van der Waals surface area contributed by atoms with Gasteiger partial charge in [0.25, 0.3) is 5.91 Å². The minimum Gasteiger partial charge on any atom is -0.349 e.